The first-order chi connectivity index (χ1) is 10.5. The lowest BCUT2D eigenvalue weighted by atomic mass is 10.1. The average molecular weight is 342 g/mol. The number of halogens is 1. The van der Waals surface area contributed by atoms with Crippen LogP contribution in [0.3, 0.4) is 0 Å². The highest BCUT2D eigenvalue weighted by Gasteiger charge is 2.18. The fourth-order valence-corrected chi connectivity index (χ4v) is 2.36. The Morgan fingerprint density at radius 3 is 2.74 bits per heavy atom. The van der Waals surface area contributed by atoms with Crippen LogP contribution in [0.4, 0.5) is 5.69 Å². The molecule has 1 aliphatic heterocycles. The lowest BCUT2D eigenvalue weighted by Crippen LogP contribution is -2.43. The van der Waals surface area contributed by atoms with Crippen LogP contribution in [-0.4, -0.2) is 56.6 Å². The third kappa shape index (κ3) is 5.49. The van der Waals surface area contributed by atoms with E-state index >= 15 is 0 Å². The largest absolute Gasteiger partial charge is 0.378 e. The van der Waals surface area contributed by atoms with Gasteiger partial charge < -0.3 is 20.3 Å². The van der Waals surface area contributed by atoms with Gasteiger partial charge in [-0.1, -0.05) is 6.07 Å². The Hall–Kier alpha value is -1.63. The van der Waals surface area contributed by atoms with Gasteiger partial charge in [-0.05, 0) is 24.6 Å². The van der Waals surface area contributed by atoms with Crippen LogP contribution in [0.2, 0.25) is 0 Å². The fraction of sp³-hybridized carbons (Fsp3) is 0.500. The molecule has 0 aromatic heterocycles. The normalized spacial score (nSPS) is 17.1. The Kier molecular flexibility index (Phi) is 7.48. The number of benzene rings is 1. The van der Waals surface area contributed by atoms with Crippen molar-refractivity contribution in [3.05, 3.63) is 29.3 Å². The van der Waals surface area contributed by atoms with Crippen molar-refractivity contribution in [3.63, 3.8) is 0 Å². The molecule has 7 heteroatoms. The average Bonchev–Trinajstić information content (AvgIpc) is 2.49. The minimum atomic E-state index is -0.0879. The third-order valence-corrected chi connectivity index (χ3v) is 3.59. The third-order valence-electron chi connectivity index (χ3n) is 3.59. The molecular formula is C16H24ClN3O3. The second-order valence-corrected chi connectivity index (χ2v) is 5.71. The van der Waals surface area contributed by atoms with Crippen LogP contribution in [0.25, 0.3) is 0 Å². The number of carbonyl (C=O) groups excluding carboxylic acids is 2. The number of nitrogens with zero attached hydrogens (tertiary/aromatic N) is 1. The molecule has 1 heterocycles. The van der Waals surface area contributed by atoms with Crippen LogP contribution in [0, 0.1) is 6.92 Å². The van der Waals surface area contributed by atoms with Crippen molar-refractivity contribution >= 4 is 29.9 Å². The highest BCUT2D eigenvalue weighted by atomic mass is 35.5. The van der Waals surface area contributed by atoms with Gasteiger partial charge in [-0.2, -0.15) is 0 Å². The van der Waals surface area contributed by atoms with Crippen LogP contribution >= 0.6 is 12.4 Å². The summed E-state index contributed by atoms with van der Waals surface area (Å²) in [5.74, 6) is -0.161. The summed E-state index contributed by atoms with van der Waals surface area (Å²) in [7, 11) is 3.42. The monoisotopic (exact) mass is 341 g/mol. The van der Waals surface area contributed by atoms with Gasteiger partial charge in [0.05, 0.1) is 13.2 Å². The molecule has 0 saturated carbocycles. The van der Waals surface area contributed by atoms with Crippen molar-refractivity contribution in [1.29, 1.82) is 0 Å². The molecule has 1 unspecified atom stereocenters. The lowest BCUT2D eigenvalue weighted by Gasteiger charge is -2.23. The van der Waals surface area contributed by atoms with E-state index < -0.39 is 0 Å². The molecule has 1 aromatic rings. The summed E-state index contributed by atoms with van der Waals surface area (Å²) in [5, 5.41) is 6.09. The van der Waals surface area contributed by atoms with E-state index in [-0.39, 0.29) is 30.3 Å². The summed E-state index contributed by atoms with van der Waals surface area (Å²) in [6.07, 6.45) is 0.352. The van der Waals surface area contributed by atoms with E-state index in [1.54, 1.807) is 20.2 Å². The number of hydrogen-bond acceptors (Lipinski definition) is 4. The summed E-state index contributed by atoms with van der Waals surface area (Å²) >= 11 is 0. The maximum atomic E-state index is 12.1. The molecule has 0 spiro atoms. The zero-order valence-electron chi connectivity index (χ0n) is 13.7. The number of ether oxygens (including phenoxy) is 1. The highest BCUT2D eigenvalue weighted by Crippen LogP contribution is 2.17. The van der Waals surface area contributed by atoms with E-state index in [4.69, 9.17) is 4.74 Å². The molecule has 0 bridgehead atoms. The van der Waals surface area contributed by atoms with Gasteiger partial charge >= 0.3 is 0 Å². The van der Waals surface area contributed by atoms with Crippen molar-refractivity contribution in [2.75, 3.05) is 39.2 Å². The molecule has 1 saturated heterocycles. The molecule has 0 aliphatic carbocycles. The highest BCUT2D eigenvalue weighted by molar-refractivity contribution is 5.98. The summed E-state index contributed by atoms with van der Waals surface area (Å²) in [6.45, 7) is 3.88. The quantitative estimate of drug-likeness (QED) is 0.869. The van der Waals surface area contributed by atoms with Gasteiger partial charge in [0.15, 0.2) is 0 Å². The predicted molar refractivity (Wildman–Crippen MR) is 92.3 cm³/mol. The van der Waals surface area contributed by atoms with Crippen molar-refractivity contribution in [1.82, 2.24) is 10.2 Å². The van der Waals surface area contributed by atoms with E-state index in [0.717, 1.165) is 12.1 Å². The number of rotatable bonds is 4. The molecule has 128 valence electrons. The van der Waals surface area contributed by atoms with Crippen molar-refractivity contribution in [2.24, 2.45) is 0 Å². The smallest absolute Gasteiger partial charge is 0.253 e. The van der Waals surface area contributed by atoms with Gasteiger partial charge in [-0.15, -0.1) is 12.4 Å². The molecule has 2 rings (SSSR count). The van der Waals surface area contributed by atoms with Gasteiger partial charge in [0.1, 0.15) is 0 Å². The molecule has 0 radical (unpaired) electrons. The summed E-state index contributed by atoms with van der Waals surface area (Å²) in [4.78, 5) is 25.7. The minimum absolute atomic E-state index is 0. The van der Waals surface area contributed by atoms with E-state index in [2.05, 4.69) is 10.6 Å². The predicted octanol–water partition coefficient (Wildman–Crippen LogP) is 1.44. The van der Waals surface area contributed by atoms with Crippen LogP contribution in [0.5, 0.6) is 0 Å². The first kappa shape index (κ1) is 19.4. The van der Waals surface area contributed by atoms with Crippen LogP contribution in [0.15, 0.2) is 18.2 Å². The molecule has 6 nitrogen and oxygen atoms in total. The number of amides is 2. The Morgan fingerprint density at radius 1 is 1.39 bits per heavy atom. The molecular weight excluding hydrogens is 318 g/mol. The Balaban J connectivity index is 0.00000264. The van der Waals surface area contributed by atoms with Gasteiger partial charge in [0.2, 0.25) is 5.91 Å². The number of nitrogens with one attached hydrogen (secondary N) is 2. The second kappa shape index (κ2) is 8.86. The molecule has 23 heavy (non-hydrogen) atoms. The molecule has 1 atom stereocenters. The first-order valence-electron chi connectivity index (χ1n) is 7.40. The van der Waals surface area contributed by atoms with Gasteiger partial charge in [0.25, 0.3) is 5.91 Å². The van der Waals surface area contributed by atoms with Gasteiger partial charge in [0, 0.05) is 44.4 Å². The van der Waals surface area contributed by atoms with Gasteiger partial charge in [-0.25, -0.2) is 0 Å². The van der Waals surface area contributed by atoms with Crippen molar-refractivity contribution in [3.8, 4) is 0 Å². The summed E-state index contributed by atoms with van der Waals surface area (Å²) < 4.78 is 5.33. The maximum absolute atomic E-state index is 12.1. The van der Waals surface area contributed by atoms with E-state index in [0.29, 0.717) is 30.9 Å². The topological polar surface area (TPSA) is 70.7 Å². The molecule has 1 fully saturated rings. The summed E-state index contributed by atoms with van der Waals surface area (Å²) in [5.41, 5.74) is 2.12. The standard InChI is InChI=1S/C16H23N3O3.ClH/c1-11-4-5-12(8-14(11)16(21)19(2)3)18-15(20)9-13-10-22-7-6-17-13;/h4-5,8,13,17H,6-7,9-10H2,1-3H3,(H,18,20);1H. The Labute approximate surface area is 143 Å². The number of carbonyl (C=O) groups is 2. The minimum Gasteiger partial charge on any atom is -0.378 e. The SMILES string of the molecule is Cc1ccc(NC(=O)CC2COCCN2)cc1C(=O)N(C)C.Cl. The molecule has 2 N–H and O–H groups in total. The van der Waals surface area contributed by atoms with Crippen LogP contribution < -0.4 is 10.6 Å². The number of aryl methyl sites for hydroxylation is 1. The Bertz CT molecular complexity index is 558. The second-order valence-electron chi connectivity index (χ2n) is 5.71. The molecule has 2 amide bonds. The molecule has 1 aliphatic rings. The number of morpholine rings is 1. The number of anilines is 1. The van der Waals surface area contributed by atoms with Crippen molar-refractivity contribution in [2.45, 2.75) is 19.4 Å². The van der Waals surface area contributed by atoms with E-state index in [1.165, 1.54) is 4.90 Å². The van der Waals surface area contributed by atoms with Crippen molar-refractivity contribution < 1.29 is 14.3 Å². The Morgan fingerprint density at radius 2 is 2.13 bits per heavy atom. The van der Waals surface area contributed by atoms with Crippen LogP contribution in [0.1, 0.15) is 22.3 Å². The zero-order chi connectivity index (χ0) is 16.1. The lowest BCUT2D eigenvalue weighted by molar-refractivity contribution is -0.117. The molecule has 1 aromatic carbocycles. The fourth-order valence-electron chi connectivity index (χ4n) is 2.36. The van der Waals surface area contributed by atoms with E-state index in [9.17, 15) is 9.59 Å². The maximum Gasteiger partial charge on any atom is 0.253 e. The number of hydrogen-bond donors (Lipinski definition) is 2. The zero-order valence-corrected chi connectivity index (χ0v) is 14.5. The van der Waals surface area contributed by atoms with E-state index in [1.807, 2.05) is 19.1 Å². The first-order valence-corrected chi connectivity index (χ1v) is 7.40. The van der Waals surface area contributed by atoms with Crippen LogP contribution in [-0.2, 0) is 9.53 Å². The van der Waals surface area contributed by atoms with Gasteiger partial charge in [-0.3, -0.25) is 9.59 Å². The summed E-state index contributed by atoms with van der Waals surface area (Å²) in [6, 6.07) is 5.42.